The average Bonchev–Trinajstić information content (AvgIpc) is 3.19. The average molecular weight is 546 g/mol. The van der Waals surface area contributed by atoms with Gasteiger partial charge in [0.25, 0.3) is 5.91 Å². The maximum Gasteiger partial charge on any atom is 0.253 e. The zero-order valence-corrected chi connectivity index (χ0v) is 24.2. The van der Waals surface area contributed by atoms with Crippen LogP contribution < -0.4 is 14.8 Å². The molecule has 1 saturated carbocycles. The maximum atomic E-state index is 13.4. The topological polar surface area (TPSA) is 98.7 Å². The lowest BCUT2D eigenvalue weighted by atomic mass is 9.89. The SMILES string of the molecule is COc1cc(-c2cc(C(=O)NC3CCOCC3)c(C)n2CC2CCCCC2)ccc1S(=O)(=O)NC(C)(C)C. The summed E-state index contributed by atoms with van der Waals surface area (Å²) in [4.78, 5) is 13.5. The van der Waals surface area contributed by atoms with Gasteiger partial charge < -0.3 is 19.4 Å². The van der Waals surface area contributed by atoms with Crippen molar-refractivity contribution in [1.82, 2.24) is 14.6 Å². The van der Waals surface area contributed by atoms with E-state index in [-0.39, 0.29) is 22.6 Å². The molecule has 0 spiro atoms. The van der Waals surface area contributed by atoms with Gasteiger partial charge in [0.1, 0.15) is 10.6 Å². The molecule has 4 rings (SSSR count). The number of nitrogens with one attached hydrogen (secondary N) is 2. The van der Waals surface area contributed by atoms with E-state index in [4.69, 9.17) is 9.47 Å². The standard InChI is InChI=1S/C29H43N3O5S/c1-20-24(28(33)30-23-13-15-37-16-14-23)18-25(32(20)19-21-9-7-6-8-10-21)22-11-12-27(26(17-22)36-5)38(34,35)31-29(2,3)4/h11-12,17-18,21,23,31H,6-10,13-16,19H2,1-5H3,(H,30,33). The molecule has 1 aliphatic carbocycles. The van der Waals surface area contributed by atoms with Gasteiger partial charge in [-0.25, -0.2) is 13.1 Å². The van der Waals surface area contributed by atoms with Crippen LogP contribution in [0.25, 0.3) is 11.3 Å². The first kappa shape index (κ1) is 28.6. The van der Waals surface area contributed by atoms with Crippen LogP contribution in [0.1, 0.15) is 81.8 Å². The number of hydrogen-bond donors (Lipinski definition) is 2. The van der Waals surface area contributed by atoms with E-state index in [1.807, 2.05) is 19.1 Å². The van der Waals surface area contributed by atoms with Gasteiger partial charge in [-0.3, -0.25) is 4.79 Å². The van der Waals surface area contributed by atoms with Gasteiger partial charge in [-0.15, -0.1) is 0 Å². The fraction of sp³-hybridized carbons (Fsp3) is 0.621. The van der Waals surface area contributed by atoms with Gasteiger partial charge in [-0.05, 0) is 77.5 Å². The van der Waals surface area contributed by atoms with Crippen LogP contribution in [0.15, 0.2) is 29.2 Å². The zero-order chi connectivity index (χ0) is 27.5. The number of benzene rings is 1. The summed E-state index contributed by atoms with van der Waals surface area (Å²) in [5.41, 5.74) is 2.69. The Labute approximate surface area is 227 Å². The molecule has 1 aromatic carbocycles. The number of aromatic nitrogens is 1. The summed E-state index contributed by atoms with van der Waals surface area (Å²) in [6.45, 7) is 9.58. The molecule has 2 aromatic rings. The predicted molar refractivity (Wildman–Crippen MR) is 149 cm³/mol. The highest BCUT2D eigenvalue weighted by atomic mass is 32.2. The van der Waals surface area contributed by atoms with Gasteiger partial charge in [0.05, 0.1) is 12.7 Å². The first-order valence-electron chi connectivity index (χ1n) is 13.8. The van der Waals surface area contributed by atoms with E-state index in [1.54, 1.807) is 32.9 Å². The highest BCUT2D eigenvalue weighted by molar-refractivity contribution is 7.89. The summed E-state index contributed by atoms with van der Waals surface area (Å²) in [5.74, 6) is 0.756. The smallest absolute Gasteiger partial charge is 0.253 e. The molecule has 1 amide bonds. The minimum absolute atomic E-state index is 0.0708. The summed E-state index contributed by atoms with van der Waals surface area (Å²) in [5, 5.41) is 3.20. The molecule has 0 bridgehead atoms. The molecule has 1 aromatic heterocycles. The third kappa shape index (κ3) is 6.79. The Morgan fingerprint density at radius 3 is 2.39 bits per heavy atom. The van der Waals surface area contributed by atoms with Gasteiger partial charge in [-0.1, -0.05) is 25.3 Å². The molecule has 2 N–H and O–H groups in total. The van der Waals surface area contributed by atoms with E-state index in [0.717, 1.165) is 36.3 Å². The molecule has 2 heterocycles. The molecule has 2 aliphatic rings. The molecule has 2 fully saturated rings. The predicted octanol–water partition coefficient (Wildman–Crippen LogP) is 5.04. The number of rotatable bonds is 8. The first-order valence-corrected chi connectivity index (χ1v) is 15.3. The molecule has 0 radical (unpaired) electrons. The van der Waals surface area contributed by atoms with Gasteiger partial charge >= 0.3 is 0 Å². The summed E-state index contributed by atoms with van der Waals surface area (Å²) in [7, 11) is -2.30. The second-order valence-corrected chi connectivity index (χ2v) is 13.4. The van der Waals surface area contributed by atoms with Crippen LogP contribution in [-0.4, -0.2) is 50.8 Å². The van der Waals surface area contributed by atoms with Crippen molar-refractivity contribution in [3.05, 3.63) is 35.5 Å². The fourth-order valence-electron chi connectivity index (χ4n) is 5.59. The maximum absolute atomic E-state index is 13.4. The third-order valence-corrected chi connectivity index (χ3v) is 9.32. The van der Waals surface area contributed by atoms with Crippen LogP contribution in [0.3, 0.4) is 0 Å². The lowest BCUT2D eigenvalue weighted by molar-refractivity contribution is 0.0696. The second kappa shape index (κ2) is 11.8. The number of methoxy groups -OCH3 is 1. The van der Waals surface area contributed by atoms with Crippen LogP contribution in [0.4, 0.5) is 0 Å². The van der Waals surface area contributed by atoms with Gasteiger partial charge in [-0.2, -0.15) is 0 Å². The second-order valence-electron chi connectivity index (χ2n) is 11.7. The van der Waals surface area contributed by atoms with Crippen LogP contribution in [-0.2, 0) is 21.3 Å². The Morgan fingerprint density at radius 1 is 1.08 bits per heavy atom. The molecule has 38 heavy (non-hydrogen) atoms. The molecule has 210 valence electrons. The van der Waals surface area contributed by atoms with Gasteiger partial charge in [0, 0.05) is 48.3 Å². The number of hydrogen-bond acceptors (Lipinski definition) is 5. The molecule has 8 nitrogen and oxygen atoms in total. The van der Waals surface area contributed by atoms with Crippen LogP contribution in [0.5, 0.6) is 5.75 Å². The Bertz CT molecular complexity index is 1230. The largest absolute Gasteiger partial charge is 0.495 e. The Morgan fingerprint density at radius 2 is 1.76 bits per heavy atom. The molecular formula is C29H43N3O5S. The van der Waals surface area contributed by atoms with E-state index in [2.05, 4.69) is 14.6 Å². The summed E-state index contributed by atoms with van der Waals surface area (Å²) in [6.07, 6.45) is 7.74. The van der Waals surface area contributed by atoms with E-state index in [0.29, 0.717) is 24.7 Å². The Kier molecular flexibility index (Phi) is 8.89. The van der Waals surface area contributed by atoms with E-state index in [1.165, 1.54) is 39.2 Å². The monoisotopic (exact) mass is 545 g/mol. The van der Waals surface area contributed by atoms with Crippen LogP contribution >= 0.6 is 0 Å². The summed E-state index contributed by atoms with van der Waals surface area (Å²) < 4.78 is 42.1. The molecule has 0 unspecified atom stereocenters. The van der Waals surface area contributed by atoms with Crippen molar-refractivity contribution in [1.29, 1.82) is 0 Å². The van der Waals surface area contributed by atoms with Crippen molar-refractivity contribution in [2.45, 2.75) is 95.7 Å². The molecule has 1 saturated heterocycles. The van der Waals surface area contributed by atoms with Gasteiger partial charge in [0.2, 0.25) is 10.0 Å². The van der Waals surface area contributed by atoms with Crippen molar-refractivity contribution >= 4 is 15.9 Å². The van der Waals surface area contributed by atoms with E-state index in [9.17, 15) is 13.2 Å². The van der Waals surface area contributed by atoms with E-state index < -0.39 is 15.6 Å². The lowest BCUT2D eigenvalue weighted by Crippen LogP contribution is -2.40. The highest BCUT2D eigenvalue weighted by Crippen LogP contribution is 2.35. The summed E-state index contributed by atoms with van der Waals surface area (Å²) >= 11 is 0. The number of carbonyl (C=O) groups excluding carboxylic acids is 1. The van der Waals surface area contributed by atoms with E-state index >= 15 is 0 Å². The summed E-state index contributed by atoms with van der Waals surface area (Å²) in [6, 6.07) is 7.23. The number of amides is 1. The van der Waals surface area contributed by atoms with Crippen molar-refractivity contribution < 1.29 is 22.7 Å². The Hall–Kier alpha value is -2.36. The number of nitrogens with zero attached hydrogens (tertiary/aromatic N) is 1. The molecule has 0 atom stereocenters. The van der Waals surface area contributed by atoms with Crippen molar-refractivity contribution in [2.75, 3.05) is 20.3 Å². The minimum Gasteiger partial charge on any atom is -0.495 e. The quantitative estimate of drug-likeness (QED) is 0.484. The van der Waals surface area contributed by atoms with Crippen molar-refractivity contribution in [2.24, 2.45) is 5.92 Å². The van der Waals surface area contributed by atoms with Crippen molar-refractivity contribution in [3.8, 4) is 17.0 Å². The highest BCUT2D eigenvalue weighted by Gasteiger charge is 2.28. The normalized spacial score (nSPS) is 17.9. The number of ether oxygens (including phenoxy) is 2. The molecule has 9 heteroatoms. The molecule has 1 aliphatic heterocycles. The van der Waals surface area contributed by atoms with Crippen molar-refractivity contribution in [3.63, 3.8) is 0 Å². The van der Waals surface area contributed by atoms with Gasteiger partial charge in [0.15, 0.2) is 0 Å². The van der Waals surface area contributed by atoms with Crippen LogP contribution in [0.2, 0.25) is 0 Å². The van der Waals surface area contributed by atoms with Crippen LogP contribution in [0, 0.1) is 12.8 Å². The Balaban J connectivity index is 1.72. The first-order chi connectivity index (χ1) is 18.0. The third-order valence-electron chi connectivity index (χ3n) is 7.52. The lowest BCUT2D eigenvalue weighted by Gasteiger charge is -2.25. The fourth-order valence-corrected chi connectivity index (χ4v) is 7.16. The minimum atomic E-state index is -3.78. The zero-order valence-electron chi connectivity index (χ0n) is 23.4. The number of sulfonamides is 1. The number of carbonyl (C=O) groups is 1. The molecular weight excluding hydrogens is 502 g/mol.